The molecule has 3 rings (SSSR count). The fourth-order valence-electron chi connectivity index (χ4n) is 3.88. The van der Waals surface area contributed by atoms with Crippen LogP contribution in [0.15, 0.2) is 48.5 Å². The zero-order valence-electron chi connectivity index (χ0n) is 18.0. The monoisotopic (exact) mass is 410 g/mol. The van der Waals surface area contributed by atoms with Crippen LogP contribution in [0.25, 0.3) is 0 Å². The van der Waals surface area contributed by atoms with E-state index in [0.29, 0.717) is 19.4 Å². The quantitative estimate of drug-likeness (QED) is 0.617. The lowest BCUT2D eigenvalue weighted by Gasteiger charge is -2.25. The SMILES string of the molecule is COc1ccccc1CNC(=O)[C@H](CC(C)C)NC(=O)[C@@H]1Cc2ccccc2C[NH2+]1. The Morgan fingerprint density at radius 1 is 1.10 bits per heavy atom. The van der Waals surface area contributed by atoms with E-state index in [1.165, 1.54) is 11.1 Å². The number of nitrogens with one attached hydrogen (secondary N) is 2. The number of hydrogen-bond donors (Lipinski definition) is 3. The summed E-state index contributed by atoms with van der Waals surface area (Å²) in [4.78, 5) is 25.8. The predicted octanol–water partition coefficient (Wildman–Crippen LogP) is 1.53. The molecule has 2 atom stereocenters. The Morgan fingerprint density at radius 3 is 2.53 bits per heavy atom. The minimum absolute atomic E-state index is 0.0809. The molecule has 1 aliphatic rings. The molecule has 6 nitrogen and oxygen atoms in total. The minimum atomic E-state index is -0.558. The van der Waals surface area contributed by atoms with E-state index >= 15 is 0 Å². The molecule has 0 spiro atoms. The smallest absolute Gasteiger partial charge is 0.279 e. The van der Waals surface area contributed by atoms with Gasteiger partial charge in [-0.15, -0.1) is 0 Å². The number of hydrogen-bond acceptors (Lipinski definition) is 3. The molecule has 1 aliphatic heterocycles. The van der Waals surface area contributed by atoms with E-state index < -0.39 is 6.04 Å². The molecule has 2 aromatic rings. The van der Waals surface area contributed by atoms with E-state index in [1.54, 1.807) is 7.11 Å². The third-order valence-corrected chi connectivity index (χ3v) is 5.50. The number of benzene rings is 2. The maximum Gasteiger partial charge on any atom is 0.279 e. The van der Waals surface area contributed by atoms with Gasteiger partial charge in [0.25, 0.3) is 5.91 Å². The molecule has 30 heavy (non-hydrogen) atoms. The Labute approximate surface area is 178 Å². The van der Waals surface area contributed by atoms with Crippen LogP contribution < -0.4 is 20.7 Å². The standard InChI is InChI=1S/C24H31N3O3/c1-16(2)12-21(23(28)26-15-19-10-6-7-11-22(19)30-3)27-24(29)20-13-17-8-4-5-9-18(17)14-25-20/h4-11,16,20-21,25H,12-15H2,1-3H3,(H,26,28)(H,27,29)/p+1/t20-,21-/m0/s1. The number of carbonyl (C=O) groups excluding carboxylic acids is 2. The van der Waals surface area contributed by atoms with Crippen LogP contribution in [-0.4, -0.2) is 31.0 Å². The van der Waals surface area contributed by atoms with Gasteiger partial charge in [0.1, 0.15) is 18.3 Å². The highest BCUT2D eigenvalue weighted by Crippen LogP contribution is 2.17. The van der Waals surface area contributed by atoms with Crippen LogP contribution >= 0.6 is 0 Å². The summed E-state index contributed by atoms with van der Waals surface area (Å²) in [5.41, 5.74) is 3.39. The minimum Gasteiger partial charge on any atom is -0.496 e. The van der Waals surface area contributed by atoms with Crippen LogP contribution in [0.1, 0.15) is 37.0 Å². The zero-order chi connectivity index (χ0) is 21.5. The molecule has 160 valence electrons. The molecule has 0 aliphatic carbocycles. The van der Waals surface area contributed by atoms with E-state index in [0.717, 1.165) is 17.9 Å². The van der Waals surface area contributed by atoms with Crippen molar-refractivity contribution in [1.29, 1.82) is 0 Å². The van der Waals surface area contributed by atoms with Crippen molar-refractivity contribution in [3.05, 3.63) is 65.2 Å². The van der Waals surface area contributed by atoms with Crippen molar-refractivity contribution >= 4 is 11.8 Å². The van der Waals surface area contributed by atoms with Crippen molar-refractivity contribution in [2.75, 3.05) is 7.11 Å². The van der Waals surface area contributed by atoms with Gasteiger partial charge in [-0.3, -0.25) is 9.59 Å². The zero-order valence-corrected chi connectivity index (χ0v) is 18.0. The van der Waals surface area contributed by atoms with E-state index in [1.807, 2.05) is 36.4 Å². The van der Waals surface area contributed by atoms with E-state index in [4.69, 9.17) is 4.74 Å². The Kier molecular flexibility index (Phi) is 7.46. The molecule has 0 bridgehead atoms. The summed E-state index contributed by atoms with van der Waals surface area (Å²) in [7, 11) is 1.61. The van der Waals surface area contributed by atoms with E-state index in [-0.39, 0.29) is 23.8 Å². The maximum atomic E-state index is 12.9. The molecule has 0 saturated heterocycles. The number of methoxy groups -OCH3 is 1. The second kappa shape index (κ2) is 10.3. The van der Waals surface area contributed by atoms with Gasteiger partial charge in [0.2, 0.25) is 5.91 Å². The Bertz CT molecular complexity index is 882. The molecular weight excluding hydrogens is 378 g/mol. The summed E-state index contributed by atoms with van der Waals surface area (Å²) in [6.45, 7) is 5.24. The first kappa shape index (κ1) is 21.8. The maximum absolute atomic E-state index is 12.9. The molecule has 4 N–H and O–H groups in total. The van der Waals surface area contributed by atoms with Crippen LogP contribution in [0.3, 0.4) is 0 Å². The van der Waals surface area contributed by atoms with Crippen molar-refractivity contribution in [3.63, 3.8) is 0 Å². The molecular formula is C24H32N3O3+. The first-order valence-corrected chi connectivity index (χ1v) is 10.6. The summed E-state index contributed by atoms with van der Waals surface area (Å²) in [6.07, 6.45) is 1.27. The van der Waals surface area contributed by atoms with Gasteiger partial charge in [-0.05, 0) is 24.0 Å². The first-order chi connectivity index (χ1) is 14.5. The lowest BCUT2D eigenvalue weighted by molar-refractivity contribution is -0.695. The second-order valence-corrected chi connectivity index (χ2v) is 8.24. The third kappa shape index (κ3) is 5.60. The van der Waals surface area contributed by atoms with Gasteiger partial charge in [-0.1, -0.05) is 56.3 Å². The second-order valence-electron chi connectivity index (χ2n) is 8.24. The van der Waals surface area contributed by atoms with Crippen molar-refractivity contribution in [1.82, 2.24) is 10.6 Å². The average Bonchev–Trinajstić information content (AvgIpc) is 2.76. The van der Waals surface area contributed by atoms with Crippen molar-refractivity contribution in [3.8, 4) is 5.75 Å². The molecule has 0 unspecified atom stereocenters. The number of fused-ring (bicyclic) bond motifs is 1. The molecule has 2 aromatic carbocycles. The third-order valence-electron chi connectivity index (χ3n) is 5.50. The topological polar surface area (TPSA) is 84.0 Å². The molecule has 1 heterocycles. The van der Waals surface area contributed by atoms with Crippen LogP contribution in [0.4, 0.5) is 0 Å². The summed E-state index contributed by atoms with van der Waals surface area (Å²) in [5.74, 6) is 0.767. The molecule has 0 fully saturated rings. The van der Waals surface area contributed by atoms with Crippen molar-refractivity contribution in [2.45, 2.75) is 51.9 Å². The van der Waals surface area contributed by atoms with Crippen molar-refractivity contribution in [2.24, 2.45) is 5.92 Å². The molecule has 2 amide bonds. The van der Waals surface area contributed by atoms with Crippen LogP contribution in [-0.2, 0) is 29.1 Å². The fraction of sp³-hybridized carbons (Fsp3) is 0.417. The number of rotatable bonds is 8. The van der Waals surface area contributed by atoms with E-state index in [9.17, 15) is 9.59 Å². The molecule has 0 saturated carbocycles. The summed E-state index contributed by atoms with van der Waals surface area (Å²) in [6, 6.07) is 15.0. The average molecular weight is 411 g/mol. The van der Waals surface area contributed by atoms with Gasteiger partial charge in [-0.2, -0.15) is 0 Å². The predicted molar refractivity (Wildman–Crippen MR) is 116 cm³/mol. The number of ether oxygens (including phenoxy) is 1. The summed E-state index contributed by atoms with van der Waals surface area (Å²) in [5, 5.41) is 8.01. The highest BCUT2D eigenvalue weighted by Gasteiger charge is 2.31. The Balaban J connectivity index is 1.62. The number of para-hydroxylation sites is 1. The van der Waals surface area contributed by atoms with Gasteiger partial charge in [-0.25, -0.2) is 0 Å². The van der Waals surface area contributed by atoms with E-state index in [2.05, 4.69) is 41.9 Å². The van der Waals surface area contributed by atoms with Crippen molar-refractivity contribution < 1.29 is 19.6 Å². The molecule has 0 radical (unpaired) electrons. The highest BCUT2D eigenvalue weighted by atomic mass is 16.5. The normalized spacial score (nSPS) is 16.5. The summed E-state index contributed by atoms with van der Waals surface area (Å²) < 4.78 is 5.35. The lowest BCUT2D eigenvalue weighted by Crippen LogP contribution is -2.93. The number of quaternary nitrogens is 1. The fourth-order valence-corrected chi connectivity index (χ4v) is 3.88. The van der Waals surface area contributed by atoms with Crippen LogP contribution in [0, 0.1) is 5.92 Å². The Hall–Kier alpha value is -2.86. The summed E-state index contributed by atoms with van der Waals surface area (Å²) >= 11 is 0. The van der Waals surface area contributed by atoms with Gasteiger partial charge in [0.05, 0.1) is 7.11 Å². The van der Waals surface area contributed by atoms with Gasteiger partial charge < -0.3 is 20.7 Å². The van der Waals surface area contributed by atoms with Crippen LogP contribution in [0.2, 0.25) is 0 Å². The van der Waals surface area contributed by atoms with Gasteiger partial charge in [0.15, 0.2) is 6.04 Å². The largest absolute Gasteiger partial charge is 0.496 e. The Morgan fingerprint density at radius 2 is 1.80 bits per heavy atom. The molecule has 6 heteroatoms. The number of amides is 2. The van der Waals surface area contributed by atoms with Gasteiger partial charge >= 0.3 is 0 Å². The molecule has 0 aromatic heterocycles. The van der Waals surface area contributed by atoms with Gasteiger partial charge in [0, 0.05) is 24.1 Å². The highest BCUT2D eigenvalue weighted by molar-refractivity contribution is 5.89. The lowest BCUT2D eigenvalue weighted by atomic mass is 9.95. The number of carbonyl (C=O) groups is 2. The van der Waals surface area contributed by atoms with Crippen LogP contribution in [0.5, 0.6) is 5.75 Å². The first-order valence-electron chi connectivity index (χ1n) is 10.6. The number of nitrogens with two attached hydrogens (primary N) is 1.